The summed E-state index contributed by atoms with van der Waals surface area (Å²) >= 11 is 0. The highest BCUT2D eigenvalue weighted by Crippen LogP contribution is 2.43. The third-order valence-corrected chi connectivity index (χ3v) is 10.1. The van der Waals surface area contributed by atoms with Gasteiger partial charge in [-0.15, -0.1) is 6.42 Å². The van der Waals surface area contributed by atoms with E-state index >= 15 is 8.78 Å². The smallest absolute Gasteiger partial charge is 0.319 e. The number of rotatable bonds is 4. The maximum absolute atomic E-state index is 17.1. The number of nitrogens with zero attached hydrogens (tertiary/aromatic N) is 5. The van der Waals surface area contributed by atoms with Crippen LogP contribution in [0.15, 0.2) is 36.4 Å². The summed E-state index contributed by atoms with van der Waals surface area (Å²) in [7, 11) is 0. The van der Waals surface area contributed by atoms with Gasteiger partial charge in [-0.1, -0.05) is 24.1 Å². The normalized spacial score (nSPS) is 25.8. The van der Waals surface area contributed by atoms with Gasteiger partial charge in [0.15, 0.2) is 18.4 Å². The predicted molar refractivity (Wildman–Crippen MR) is 172 cm³/mol. The Labute approximate surface area is 269 Å². The molecule has 6 heterocycles. The zero-order valence-corrected chi connectivity index (χ0v) is 25.6. The topological polar surface area (TPSA) is 92.4 Å². The van der Waals surface area contributed by atoms with E-state index in [2.05, 4.69) is 27.7 Å². The molecule has 4 atom stereocenters. The lowest BCUT2D eigenvalue weighted by molar-refractivity contribution is 0.102. The van der Waals surface area contributed by atoms with Crippen molar-refractivity contribution in [3.8, 4) is 29.6 Å². The Morgan fingerprint density at radius 1 is 1.15 bits per heavy atom. The highest BCUT2D eigenvalue weighted by atomic mass is 19.2. The van der Waals surface area contributed by atoms with Crippen LogP contribution in [-0.2, 0) is 6.42 Å². The summed E-state index contributed by atoms with van der Waals surface area (Å²) in [5.41, 5.74) is 7.80. The fourth-order valence-electron chi connectivity index (χ4n) is 8.10. The first-order valence-corrected chi connectivity index (χ1v) is 15.9. The van der Waals surface area contributed by atoms with Crippen molar-refractivity contribution in [3.63, 3.8) is 0 Å². The third kappa shape index (κ3) is 4.78. The van der Waals surface area contributed by atoms with E-state index in [0.29, 0.717) is 41.4 Å². The SMILES string of the molecule is C#Cc1c(F)ccc2cc(N)cc(-c3nc4c5c(nc(OCC67CCCN6CC(=C)C7)nc5c3F)N3CC(F)NC(F)C3CCC4)c12. The molecule has 8 rings (SSSR count). The minimum absolute atomic E-state index is 0.0426. The fourth-order valence-corrected chi connectivity index (χ4v) is 8.10. The van der Waals surface area contributed by atoms with Gasteiger partial charge < -0.3 is 15.4 Å². The number of nitrogen functional groups attached to an aromatic ring is 1. The summed E-state index contributed by atoms with van der Waals surface area (Å²) in [4.78, 5) is 18.0. The van der Waals surface area contributed by atoms with Crippen LogP contribution < -0.4 is 20.7 Å². The number of halogens is 4. The first-order valence-electron chi connectivity index (χ1n) is 15.9. The number of aryl methyl sites for hydroxylation is 1. The molecule has 8 nitrogen and oxygen atoms in total. The van der Waals surface area contributed by atoms with Gasteiger partial charge in [0.2, 0.25) is 0 Å². The van der Waals surface area contributed by atoms with Crippen molar-refractivity contribution in [1.29, 1.82) is 0 Å². The number of aromatic nitrogens is 3. The number of hydrogen-bond acceptors (Lipinski definition) is 8. The monoisotopic (exact) mass is 643 g/mol. The molecular formula is C35H33F4N7O. The molecule has 0 amide bonds. The van der Waals surface area contributed by atoms with Crippen molar-refractivity contribution >= 4 is 33.2 Å². The Bertz CT molecular complexity index is 2010. The van der Waals surface area contributed by atoms with E-state index in [1.807, 2.05) is 0 Å². The van der Waals surface area contributed by atoms with E-state index in [9.17, 15) is 8.78 Å². The van der Waals surface area contributed by atoms with E-state index in [1.54, 1.807) is 11.0 Å². The van der Waals surface area contributed by atoms with Gasteiger partial charge in [0.05, 0.1) is 34.8 Å². The standard InChI is InChI=1S/C35H33F4N7O/c1-3-21-23(36)9-8-19-12-20(40)13-22(27(19)21)30-29(38)31-28-24(41-30)6-4-7-25-32(39)42-26(37)16-46(25)33(28)44-34(43-31)47-17-35-10-5-11-45(35)15-18(2)14-35/h1,8-9,12-13,25-26,32,42H,2,4-7,10-11,14-17,40H2. The van der Waals surface area contributed by atoms with Crippen molar-refractivity contribution in [2.75, 3.05) is 36.9 Å². The predicted octanol–water partition coefficient (Wildman–Crippen LogP) is 5.57. The molecule has 4 aliphatic heterocycles. The molecule has 12 heteroatoms. The van der Waals surface area contributed by atoms with Gasteiger partial charge in [0.25, 0.3) is 0 Å². The molecule has 4 aromatic rings. The summed E-state index contributed by atoms with van der Waals surface area (Å²) in [6.45, 7) is 5.93. The second kappa shape index (κ2) is 11.1. The van der Waals surface area contributed by atoms with E-state index in [1.165, 1.54) is 18.2 Å². The van der Waals surface area contributed by atoms with E-state index in [-0.39, 0.29) is 58.2 Å². The van der Waals surface area contributed by atoms with Crippen LogP contribution in [-0.4, -0.2) is 70.3 Å². The maximum atomic E-state index is 17.1. The zero-order chi connectivity index (χ0) is 32.6. The maximum Gasteiger partial charge on any atom is 0.319 e. The number of nitrogens with one attached hydrogen (secondary N) is 1. The third-order valence-electron chi connectivity index (χ3n) is 10.1. The van der Waals surface area contributed by atoms with Crippen molar-refractivity contribution in [2.24, 2.45) is 0 Å². The van der Waals surface area contributed by atoms with Crippen LogP contribution in [0.1, 0.15) is 43.4 Å². The van der Waals surface area contributed by atoms with Crippen molar-refractivity contribution in [2.45, 2.75) is 62.7 Å². The van der Waals surface area contributed by atoms with E-state index < -0.39 is 30.3 Å². The van der Waals surface area contributed by atoms with Gasteiger partial charge in [-0.05, 0) is 68.7 Å². The van der Waals surface area contributed by atoms with E-state index in [4.69, 9.17) is 26.9 Å². The molecule has 3 N–H and O–H groups in total. The number of terminal acetylenes is 1. The molecule has 0 aliphatic carbocycles. The van der Waals surface area contributed by atoms with Crippen LogP contribution in [0.2, 0.25) is 0 Å². The van der Waals surface area contributed by atoms with Crippen molar-refractivity contribution in [1.82, 2.24) is 25.2 Å². The van der Waals surface area contributed by atoms with Crippen LogP contribution in [0, 0.1) is 24.0 Å². The van der Waals surface area contributed by atoms with Crippen LogP contribution in [0.4, 0.5) is 29.1 Å². The molecule has 2 aromatic carbocycles. The molecule has 4 unspecified atom stereocenters. The Hall–Kier alpha value is -4.47. The first-order chi connectivity index (χ1) is 22.7. The molecule has 47 heavy (non-hydrogen) atoms. The second-order valence-corrected chi connectivity index (χ2v) is 13.1. The van der Waals surface area contributed by atoms with Gasteiger partial charge >= 0.3 is 6.01 Å². The lowest BCUT2D eigenvalue weighted by Gasteiger charge is -2.42. The van der Waals surface area contributed by atoms with E-state index in [0.717, 1.165) is 37.9 Å². The molecule has 3 saturated heterocycles. The lowest BCUT2D eigenvalue weighted by atomic mass is 9.94. The van der Waals surface area contributed by atoms with Crippen LogP contribution >= 0.6 is 0 Å². The largest absolute Gasteiger partial charge is 0.461 e. The molecular weight excluding hydrogens is 610 g/mol. The number of benzene rings is 2. The minimum Gasteiger partial charge on any atom is -0.461 e. The average Bonchev–Trinajstić information content (AvgIpc) is 3.56. The average molecular weight is 644 g/mol. The van der Waals surface area contributed by atoms with Crippen molar-refractivity contribution < 1.29 is 22.3 Å². The number of piperazine rings is 1. The molecule has 4 aliphatic rings. The highest BCUT2D eigenvalue weighted by Gasteiger charge is 2.47. The quantitative estimate of drug-likeness (QED) is 0.0982. The van der Waals surface area contributed by atoms with Gasteiger partial charge in [-0.25, -0.2) is 22.5 Å². The number of alkyl halides is 2. The number of hydrogen-bond donors (Lipinski definition) is 2. The van der Waals surface area contributed by atoms with Gasteiger partial charge in [0.1, 0.15) is 29.5 Å². The first kappa shape index (κ1) is 29.9. The highest BCUT2D eigenvalue weighted by molar-refractivity contribution is 6.04. The number of ether oxygens (including phenoxy) is 1. The molecule has 2 aromatic heterocycles. The number of fused-ring (bicyclic) bond motifs is 4. The Balaban J connectivity index is 1.35. The van der Waals surface area contributed by atoms with Gasteiger partial charge in [0, 0.05) is 23.2 Å². The molecule has 242 valence electrons. The molecule has 0 spiro atoms. The van der Waals surface area contributed by atoms with Gasteiger partial charge in [-0.3, -0.25) is 10.2 Å². The Morgan fingerprint density at radius 2 is 2.00 bits per heavy atom. The van der Waals surface area contributed by atoms with Crippen molar-refractivity contribution in [3.05, 3.63) is 59.3 Å². The summed E-state index contributed by atoms with van der Waals surface area (Å²) in [5.74, 6) is 1.10. The number of pyridine rings is 1. The lowest BCUT2D eigenvalue weighted by Crippen LogP contribution is -2.60. The zero-order valence-electron chi connectivity index (χ0n) is 25.6. The van der Waals surface area contributed by atoms with Crippen LogP contribution in [0.25, 0.3) is 32.9 Å². The minimum atomic E-state index is -1.68. The Morgan fingerprint density at radius 3 is 2.83 bits per heavy atom. The molecule has 0 radical (unpaired) electrons. The fraction of sp³-hybridized carbons (Fsp3) is 0.400. The number of anilines is 2. The molecule has 0 bridgehead atoms. The van der Waals surface area contributed by atoms with Crippen LogP contribution in [0.5, 0.6) is 6.01 Å². The summed E-state index contributed by atoms with van der Waals surface area (Å²) in [6, 6.07) is 5.08. The summed E-state index contributed by atoms with van der Waals surface area (Å²) < 4.78 is 68.5. The Kier molecular flexibility index (Phi) is 7.04. The molecule has 0 saturated carbocycles. The molecule has 3 fully saturated rings. The summed E-state index contributed by atoms with van der Waals surface area (Å²) in [6.07, 6.45) is 6.26. The van der Waals surface area contributed by atoms with Gasteiger partial charge in [-0.2, -0.15) is 9.97 Å². The number of nitrogens with two attached hydrogens (primary N) is 1. The second-order valence-electron chi connectivity index (χ2n) is 13.1. The summed E-state index contributed by atoms with van der Waals surface area (Å²) in [5, 5.41) is 3.43. The van der Waals surface area contributed by atoms with Crippen LogP contribution in [0.3, 0.4) is 0 Å².